The number of hydrogen-bond donors (Lipinski definition) is 2. The van der Waals surface area contributed by atoms with Gasteiger partial charge in [-0.15, -0.1) is 0 Å². The van der Waals surface area contributed by atoms with Crippen LogP contribution in [-0.2, 0) is 19.6 Å². The van der Waals surface area contributed by atoms with Gasteiger partial charge >= 0.3 is 0 Å². The molecule has 4 aromatic rings. The highest BCUT2D eigenvalue weighted by molar-refractivity contribution is 5.81. The molecule has 4 heteroatoms. The van der Waals surface area contributed by atoms with Gasteiger partial charge in [-0.05, 0) is 31.5 Å². The van der Waals surface area contributed by atoms with Crippen LogP contribution in [-0.4, -0.2) is 11.6 Å². The Hall–Kier alpha value is -3.37. The monoisotopic (exact) mass is 441 g/mol. The van der Waals surface area contributed by atoms with E-state index in [-0.39, 0.29) is 5.43 Å². The fourth-order valence-electron chi connectivity index (χ4n) is 4.27. The summed E-state index contributed by atoms with van der Waals surface area (Å²) >= 11 is 0. The fourth-order valence-corrected chi connectivity index (χ4v) is 4.27. The van der Waals surface area contributed by atoms with E-state index in [1.54, 1.807) is 0 Å². The largest absolute Gasteiger partial charge is 0.494 e. The molecule has 4 nitrogen and oxygen atoms in total. The van der Waals surface area contributed by atoms with Crippen LogP contribution in [0.15, 0.2) is 83.7 Å². The Morgan fingerprint density at radius 3 is 2.09 bits per heavy atom. The van der Waals surface area contributed by atoms with Gasteiger partial charge in [0.05, 0.1) is 12.2 Å². The third kappa shape index (κ3) is 5.91. The molecule has 0 aliphatic rings. The van der Waals surface area contributed by atoms with Gasteiger partial charge in [0.2, 0.25) is 0 Å². The van der Waals surface area contributed by atoms with Gasteiger partial charge in [0.15, 0.2) is 5.43 Å². The van der Waals surface area contributed by atoms with Gasteiger partial charge in [0, 0.05) is 27.7 Å². The van der Waals surface area contributed by atoms with E-state index < -0.39 is 0 Å². The molecule has 0 radical (unpaired) electrons. The van der Waals surface area contributed by atoms with E-state index in [1.165, 1.54) is 16.0 Å². The number of quaternary nitrogens is 1. The molecule has 0 aliphatic heterocycles. The molecule has 0 bridgehead atoms. The Morgan fingerprint density at radius 1 is 0.848 bits per heavy atom. The van der Waals surface area contributed by atoms with Crippen molar-refractivity contribution in [2.24, 2.45) is 0 Å². The van der Waals surface area contributed by atoms with E-state index in [0.717, 1.165) is 48.5 Å². The van der Waals surface area contributed by atoms with Crippen molar-refractivity contribution < 1.29 is 9.64 Å². The molecule has 0 unspecified atom stereocenters. The van der Waals surface area contributed by atoms with Crippen molar-refractivity contribution in [3.05, 3.63) is 111 Å². The number of aromatic amines is 1. The average molecular weight is 442 g/mol. The summed E-state index contributed by atoms with van der Waals surface area (Å²) in [6.07, 6.45) is 2.09. The minimum atomic E-state index is 0.0980. The van der Waals surface area contributed by atoms with Crippen LogP contribution >= 0.6 is 0 Å². The Kier molecular flexibility index (Phi) is 7.59. The number of benzene rings is 3. The first-order valence-corrected chi connectivity index (χ1v) is 11.8. The number of ether oxygens (including phenoxy) is 1. The average Bonchev–Trinajstić information content (AvgIpc) is 2.83. The maximum absolute atomic E-state index is 13.6. The zero-order valence-electron chi connectivity index (χ0n) is 19.6. The minimum absolute atomic E-state index is 0.0980. The van der Waals surface area contributed by atoms with Crippen LogP contribution in [0.3, 0.4) is 0 Å². The zero-order valence-corrected chi connectivity index (χ0v) is 19.6. The molecule has 4 rings (SSSR count). The quantitative estimate of drug-likeness (QED) is 0.347. The van der Waals surface area contributed by atoms with Gasteiger partial charge in [-0.2, -0.15) is 0 Å². The van der Waals surface area contributed by atoms with Crippen molar-refractivity contribution in [2.75, 3.05) is 6.61 Å². The van der Waals surface area contributed by atoms with E-state index in [0.29, 0.717) is 18.5 Å². The maximum Gasteiger partial charge on any atom is 0.198 e. The van der Waals surface area contributed by atoms with Crippen molar-refractivity contribution >= 4 is 10.9 Å². The Labute approximate surface area is 195 Å². The topological polar surface area (TPSA) is 46.5 Å². The molecule has 0 spiro atoms. The molecule has 3 aromatic carbocycles. The van der Waals surface area contributed by atoms with Crippen LogP contribution in [0, 0.1) is 6.92 Å². The van der Waals surface area contributed by atoms with E-state index in [9.17, 15) is 4.79 Å². The van der Waals surface area contributed by atoms with Crippen molar-refractivity contribution in [3.8, 4) is 5.75 Å². The third-order valence-corrected chi connectivity index (χ3v) is 6.07. The Balaban J connectivity index is 1.65. The zero-order chi connectivity index (χ0) is 23.0. The third-order valence-electron chi connectivity index (χ3n) is 6.07. The second-order valence-electron chi connectivity index (χ2n) is 8.72. The van der Waals surface area contributed by atoms with Crippen LogP contribution in [0.25, 0.3) is 10.9 Å². The van der Waals surface area contributed by atoms with Gasteiger partial charge < -0.3 is 14.6 Å². The first-order valence-electron chi connectivity index (χ1n) is 11.8. The number of aromatic nitrogens is 1. The molecular formula is C29H33N2O2+. The number of unbranched alkanes of at least 4 members (excludes halogenated alkanes) is 1. The highest BCUT2D eigenvalue weighted by atomic mass is 16.5. The standard InChI is InChI=1S/C29H32N2O2/c1-3-4-17-33-25-15-16-28-26(18-25)29(32)27(22(2)30-28)21-31(19-23-11-7-5-8-12-23)20-24-13-9-6-10-14-24/h5-16,18H,3-4,17,19-21H2,1-2H3,(H,30,32)/p+1. The van der Waals surface area contributed by atoms with E-state index >= 15 is 0 Å². The minimum Gasteiger partial charge on any atom is -0.494 e. The lowest BCUT2D eigenvalue weighted by Crippen LogP contribution is -3.08. The van der Waals surface area contributed by atoms with Gasteiger partial charge in [-0.25, -0.2) is 0 Å². The van der Waals surface area contributed by atoms with Gasteiger partial charge in [-0.3, -0.25) is 4.79 Å². The van der Waals surface area contributed by atoms with Crippen LogP contribution in [0.5, 0.6) is 5.75 Å². The molecule has 0 atom stereocenters. The Morgan fingerprint density at radius 2 is 1.48 bits per heavy atom. The normalized spacial score (nSPS) is 11.2. The van der Waals surface area contributed by atoms with Crippen molar-refractivity contribution in [2.45, 2.75) is 46.3 Å². The molecular weight excluding hydrogens is 408 g/mol. The van der Waals surface area contributed by atoms with Gasteiger partial charge in [0.1, 0.15) is 25.4 Å². The first kappa shape index (κ1) is 22.8. The lowest BCUT2D eigenvalue weighted by Gasteiger charge is -2.21. The van der Waals surface area contributed by atoms with Crippen LogP contribution in [0.1, 0.15) is 42.1 Å². The van der Waals surface area contributed by atoms with Crippen molar-refractivity contribution in [3.63, 3.8) is 0 Å². The summed E-state index contributed by atoms with van der Waals surface area (Å²) < 4.78 is 5.86. The second kappa shape index (κ2) is 11.0. The molecule has 2 N–H and O–H groups in total. The SMILES string of the molecule is CCCCOc1ccc2[nH]c(C)c(C[NH+](Cc3ccccc3)Cc3ccccc3)c(=O)c2c1. The van der Waals surface area contributed by atoms with E-state index in [4.69, 9.17) is 4.74 Å². The van der Waals surface area contributed by atoms with Crippen molar-refractivity contribution in [1.29, 1.82) is 0 Å². The first-order chi connectivity index (χ1) is 16.1. The number of pyridine rings is 1. The summed E-state index contributed by atoms with van der Waals surface area (Å²) in [6, 6.07) is 26.8. The summed E-state index contributed by atoms with van der Waals surface area (Å²) in [7, 11) is 0. The van der Waals surface area contributed by atoms with E-state index in [2.05, 4.69) is 60.4 Å². The van der Waals surface area contributed by atoms with Gasteiger partial charge in [-0.1, -0.05) is 74.0 Å². The van der Waals surface area contributed by atoms with Crippen LogP contribution in [0.2, 0.25) is 0 Å². The van der Waals surface area contributed by atoms with Crippen LogP contribution < -0.4 is 15.1 Å². The maximum atomic E-state index is 13.6. The fraction of sp³-hybridized carbons (Fsp3) is 0.276. The number of H-pyrrole nitrogens is 1. The van der Waals surface area contributed by atoms with Gasteiger partial charge in [0.25, 0.3) is 0 Å². The second-order valence-corrected chi connectivity index (χ2v) is 8.72. The number of aryl methyl sites for hydroxylation is 1. The Bertz CT molecular complexity index is 1190. The van der Waals surface area contributed by atoms with E-state index in [1.807, 2.05) is 37.3 Å². The molecule has 0 saturated carbocycles. The molecule has 1 aromatic heterocycles. The summed E-state index contributed by atoms with van der Waals surface area (Å²) in [5.74, 6) is 0.758. The number of fused-ring (bicyclic) bond motifs is 1. The molecule has 0 saturated heterocycles. The predicted molar refractivity (Wildman–Crippen MR) is 135 cm³/mol. The predicted octanol–water partition coefficient (Wildman–Crippen LogP) is 4.80. The molecule has 170 valence electrons. The highest BCUT2D eigenvalue weighted by Gasteiger charge is 2.18. The summed E-state index contributed by atoms with van der Waals surface area (Å²) in [6.45, 7) is 7.18. The molecule has 0 amide bonds. The smallest absolute Gasteiger partial charge is 0.198 e. The van der Waals surface area contributed by atoms with Crippen LogP contribution in [0.4, 0.5) is 0 Å². The lowest BCUT2D eigenvalue weighted by molar-refractivity contribution is -0.941. The number of rotatable bonds is 10. The highest BCUT2D eigenvalue weighted by Crippen LogP contribution is 2.19. The number of hydrogen-bond acceptors (Lipinski definition) is 2. The number of nitrogens with one attached hydrogen (secondary N) is 2. The molecule has 33 heavy (non-hydrogen) atoms. The molecule has 1 heterocycles. The lowest BCUT2D eigenvalue weighted by atomic mass is 10.1. The summed E-state index contributed by atoms with van der Waals surface area (Å²) in [4.78, 5) is 18.4. The van der Waals surface area contributed by atoms with Crippen molar-refractivity contribution in [1.82, 2.24) is 4.98 Å². The summed E-state index contributed by atoms with van der Waals surface area (Å²) in [5.41, 5.74) is 5.27. The summed E-state index contributed by atoms with van der Waals surface area (Å²) in [5, 5.41) is 0.698. The molecule has 0 fully saturated rings. The molecule has 0 aliphatic carbocycles.